The molecule has 145 valence electrons. The number of hydrogen-bond donors (Lipinski definition) is 1. The minimum atomic E-state index is -4.44. The highest BCUT2D eigenvalue weighted by atomic mass is 19.4. The average Bonchev–Trinajstić information content (AvgIpc) is 2.66. The Hall–Kier alpha value is -2.77. The van der Waals surface area contributed by atoms with Crippen LogP contribution in [0.5, 0.6) is 0 Å². The van der Waals surface area contributed by atoms with Gasteiger partial charge in [0.1, 0.15) is 12.8 Å². The molecule has 1 aliphatic heterocycles. The molecule has 0 aliphatic carbocycles. The molecular weight excluding hydrogens is 366 g/mol. The van der Waals surface area contributed by atoms with Crippen molar-refractivity contribution in [1.82, 2.24) is 4.90 Å². The van der Waals surface area contributed by atoms with Crippen molar-refractivity contribution < 1.29 is 18.0 Å². The summed E-state index contributed by atoms with van der Waals surface area (Å²) in [7, 11) is 3.43. The van der Waals surface area contributed by atoms with Crippen molar-refractivity contribution in [2.45, 2.75) is 31.4 Å². The van der Waals surface area contributed by atoms with Crippen molar-refractivity contribution in [2.24, 2.45) is 10.7 Å². The third-order valence-corrected chi connectivity index (χ3v) is 5.21. The molecule has 2 aromatic carbocycles. The average molecular weight is 386 g/mol. The highest BCUT2D eigenvalue weighted by Gasteiger charge is 2.47. The normalized spacial score (nSPS) is 22.8. The summed E-state index contributed by atoms with van der Waals surface area (Å²) in [5.74, 6) is -1.05. The minimum Gasteiger partial charge on any atom is -0.369 e. The van der Waals surface area contributed by atoms with Crippen LogP contribution in [0.4, 0.5) is 13.2 Å². The lowest BCUT2D eigenvalue weighted by Gasteiger charge is -2.41. The summed E-state index contributed by atoms with van der Waals surface area (Å²) in [6.07, 6.45) is -4.44. The minimum absolute atomic E-state index is 0.0709. The third-order valence-electron chi connectivity index (χ3n) is 5.21. The van der Waals surface area contributed by atoms with Crippen LogP contribution in [-0.4, -0.2) is 31.1 Å². The molecule has 3 rings (SSSR count). The molecule has 1 heterocycles. The lowest BCUT2D eigenvalue weighted by molar-refractivity contribution is -0.137. The number of guanidine groups is 1. The summed E-state index contributed by atoms with van der Waals surface area (Å²) in [6, 6.07) is 12.2. The number of alkyl halides is 3. The molecule has 28 heavy (non-hydrogen) atoms. The van der Waals surface area contributed by atoms with E-state index in [4.69, 9.17) is 5.73 Å². The highest BCUT2D eigenvalue weighted by Crippen LogP contribution is 2.44. The Morgan fingerprint density at radius 1 is 1.18 bits per heavy atom. The maximum Gasteiger partial charge on any atom is 0.416 e. The van der Waals surface area contributed by atoms with Gasteiger partial charge in [0, 0.05) is 7.05 Å². The van der Waals surface area contributed by atoms with Gasteiger partial charge in [-0.1, -0.05) is 48.7 Å². The fraction of sp³-hybridized carbons (Fsp3) is 0.300. The van der Waals surface area contributed by atoms with E-state index in [1.807, 2.05) is 38.4 Å². The maximum absolute atomic E-state index is 13.1. The van der Waals surface area contributed by atoms with E-state index in [9.17, 15) is 18.0 Å². The number of aliphatic imine (C=N–C) groups is 1. The number of carbonyl (C=O) groups excluding carboxylic acids is 1. The van der Waals surface area contributed by atoms with Crippen molar-refractivity contribution in [1.29, 1.82) is 0 Å². The Morgan fingerprint density at radius 2 is 1.82 bits per heavy atom. The molecule has 0 saturated heterocycles. The zero-order valence-electron chi connectivity index (χ0n) is 15.8. The molecule has 2 atom stereocenters. The van der Waals surface area contributed by atoms with Gasteiger partial charge in [-0.2, -0.15) is 13.2 Å². The first-order valence-electron chi connectivity index (χ1n) is 8.78. The van der Waals surface area contributed by atoms with Crippen molar-refractivity contribution in [2.75, 3.05) is 7.05 Å². The summed E-state index contributed by atoms with van der Waals surface area (Å²) in [5, 5.41) is 0. The summed E-state index contributed by atoms with van der Waals surface area (Å²) < 4.78 is 38.8. The number of carbonyl (C=O) groups is 1. The van der Waals surface area contributed by atoms with Crippen LogP contribution in [0.2, 0.25) is 6.82 Å². The van der Waals surface area contributed by atoms with E-state index in [0.29, 0.717) is 5.56 Å². The second-order valence-corrected chi connectivity index (χ2v) is 6.98. The number of likely N-dealkylation sites (N-methyl/N-ethyl adjacent to an activating group) is 1. The molecule has 0 unspecified atom stereocenters. The zero-order chi connectivity index (χ0) is 20.7. The molecule has 1 radical (unpaired) electrons. The quantitative estimate of drug-likeness (QED) is 0.825. The molecule has 0 saturated carbocycles. The van der Waals surface area contributed by atoms with Crippen LogP contribution in [0.15, 0.2) is 53.5 Å². The Bertz CT molecular complexity index is 927. The molecule has 1 aliphatic rings. The standard InChI is InChI=1S/C20H20BF3N3O/c1-19(14-5-4-6-15(11-14)21-2)16(17(28)27(3)18(25)26-19)12-7-9-13(10-8-12)20(22,23)24/h4-11,16H,1-3H3,(H2,25,26)/t16-,19+/m0/s1. The first-order valence-corrected chi connectivity index (χ1v) is 8.78. The third kappa shape index (κ3) is 3.39. The molecule has 0 fully saturated rings. The van der Waals surface area contributed by atoms with Gasteiger partial charge in [-0.05, 0) is 30.2 Å². The van der Waals surface area contributed by atoms with Gasteiger partial charge in [0.25, 0.3) is 0 Å². The number of halogens is 3. The Morgan fingerprint density at radius 3 is 2.39 bits per heavy atom. The van der Waals surface area contributed by atoms with E-state index >= 15 is 0 Å². The number of nitrogens with two attached hydrogens (primary N) is 1. The molecule has 2 aromatic rings. The molecule has 0 aromatic heterocycles. The van der Waals surface area contributed by atoms with Gasteiger partial charge in [0.05, 0.1) is 11.5 Å². The van der Waals surface area contributed by atoms with Gasteiger partial charge in [0.2, 0.25) is 5.91 Å². The van der Waals surface area contributed by atoms with Crippen LogP contribution in [0.3, 0.4) is 0 Å². The van der Waals surface area contributed by atoms with Gasteiger partial charge in [-0.15, -0.1) is 0 Å². The van der Waals surface area contributed by atoms with Gasteiger partial charge < -0.3 is 5.73 Å². The van der Waals surface area contributed by atoms with E-state index in [1.54, 1.807) is 6.92 Å². The van der Waals surface area contributed by atoms with Crippen molar-refractivity contribution >= 4 is 24.6 Å². The number of benzene rings is 2. The SMILES string of the molecule is C[B]c1cccc([C@@]2(C)N=C(N)N(C)C(=O)[C@@H]2c2ccc(C(F)(F)F)cc2)c1. The zero-order valence-corrected chi connectivity index (χ0v) is 15.8. The van der Waals surface area contributed by atoms with Crippen molar-refractivity contribution in [3.05, 3.63) is 65.2 Å². The first-order chi connectivity index (χ1) is 13.1. The molecule has 1 amide bonds. The fourth-order valence-corrected chi connectivity index (χ4v) is 3.52. The fourth-order valence-electron chi connectivity index (χ4n) is 3.52. The molecule has 0 bridgehead atoms. The maximum atomic E-state index is 13.1. The van der Waals surface area contributed by atoms with E-state index in [0.717, 1.165) is 23.2 Å². The van der Waals surface area contributed by atoms with Gasteiger partial charge in [0.15, 0.2) is 5.96 Å². The Kier molecular flexibility index (Phi) is 4.99. The second-order valence-electron chi connectivity index (χ2n) is 6.98. The van der Waals surface area contributed by atoms with Crippen LogP contribution in [0, 0.1) is 0 Å². The van der Waals surface area contributed by atoms with E-state index in [1.165, 1.54) is 24.1 Å². The Balaban J connectivity index is 2.16. The predicted molar refractivity (Wildman–Crippen MR) is 104 cm³/mol. The number of rotatable bonds is 3. The molecule has 8 heteroatoms. The van der Waals surface area contributed by atoms with Gasteiger partial charge in [-0.3, -0.25) is 9.69 Å². The van der Waals surface area contributed by atoms with Crippen LogP contribution in [0.1, 0.15) is 29.5 Å². The summed E-state index contributed by atoms with van der Waals surface area (Å²) in [6.45, 7) is 3.67. The number of nitrogens with zero attached hydrogens (tertiary/aromatic N) is 2. The van der Waals surface area contributed by atoms with E-state index in [2.05, 4.69) is 4.99 Å². The monoisotopic (exact) mass is 386 g/mol. The summed E-state index contributed by atoms with van der Waals surface area (Å²) >= 11 is 0. The lowest BCUT2D eigenvalue weighted by Crippen LogP contribution is -2.52. The highest BCUT2D eigenvalue weighted by molar-refractivity contribution is 6.51. The van der Waals surface area contributed by atoms with Gasteiger partial charge in [-0.25, -0.2) is 4.99 Å². The molecule has 0 spiro atoms. The topological polar surface area (TPSA) is 58.7 Å². The smallest absolute Gasteiger partial charge is 0.369 e. The van der Waals surface area contributed by atoms with Crippen LogP contribution in [-0.2, 0) is 16.5 Å². The van der Waals surface area contributed by atoms with Crippen LogP contribution < -0.4 is 11.2 Å². The largest absolute Gasteiger partial charge is 0.416 e. The molecular formula is C20H20BF3N3O. The summed E-state index contributed by atoms with van der Waals surface area (Å²) in [5.41, 5.74) is 6.32. The molecule has 2 N–H and O–H groups in total. The van der Waals surface area contributed by atoms with E-state index < -0.39 is 23.2 Å². The predicted octanol–water partition coefficient (Wildman–Crippen LogP) is 2.87. The number of hydrogen-bond acceptors (Lipinski definition) is 3. The van der Waals surface area contributed by atoms with Crippen molar-refractivity contribution in [3.8, 4) is 0 Å². The van der Waals surface area contributed by atoms with Crippen molar-refractivity contribution in [3.63, 3.8) is 0 Å². The van der Waals surface area contributed by atoms with Gasteiger partial charge >= 0.3 is 6.18 Å². The first kappa shape index (κ1) is 20.0. The number of amides is 1. The second kappa shape index (κ2) is 7.00. The van der Waals surface area contributed by atoms with E-state index in [-0.39, 0.29) is 11.9 Å². The Labute approximate surface area is 162 Å². The summed E-state index contributed by atoms with van der Waals surface area (Å²) in [4.78, 5) is 18.9. The lowest BCUT2D eigenvalue weighted by atomic mass is 9.69. The van der Waals surface area contributed by atoms with Crippen LogP contribution in [0.25, 0.3) is 0 Å². The molecule has 4 nitrogen and oxygen atoms in total. The van der Waals surface area contributed by atoms with Crippen LogP contribution >= 0.6 is 0 Å².